The van der Waals surface area contributed by atoms with Crippen LogP contribution in [0.5, 0.6) is 0 Å². The molecule has 0 unspecified atom stereocenters. The number of benzene rings is 2. The van der Waals surface area contributed by atoms with Crippen molar-refractivity contribution in [1.29, 1.82) is 0 Å². The fraction of sp³-hybridized carbons (Fsp3) is 0.105. The predicted molar refractivity (Wildman–Crippen MR) is 105 cm³/mol. The number of nitrogens with zero attached hydrogens (tertiary/aromatic N) is 4. The minimum absolute atomic E-state index is 0.115. The van der Waals surface area contributed by atoms with Gasteiger partial charge in [-0.05, 0) is 30.5 Å². The third-order valence-electron chi connectivity index (χ3n) is 3.98. The van der Waals surface area contributed by atoms with Gasteiger partial charge in [0.1, 0.15) is 5.01 Å². The number of hydrogen-bond donors (Lipinski definition) is 0. The first kappa shape index (κ1) is 18.7. The molecule has 2 aromatic heterocycles. The first-order valence-electron chi connectivity index (χ1n) is 8.16. The third-order valence-corrected chi connectivity index (χ3v) is 5.70. The molecule has 2 heterocycles. The van der Waals surface area contributed by atoms with Crippen molar-refractivity contribution in [3.8, 4) is 27.1 Å². The second-order valence-corrected chi connectivity index (χ2v) is 7.65. The molecule has 0 saturated carbocycles. The molecule has 0 saturated heterocycles. The highest BCUT2D eigenvalue weighted by Gasteiger charge is 2.35. The Bertz CT molecular complexity index is 1090. The van der Waals surface area contributed by atoms with Crippen LogP contribution in [0, 0.1) is 0 Å². The van der Waals surface area contributed by atoms with Crippen LogP contribution in [0.15, 0.2) is 65.7 Å². The van der Waals surface area contributed by atoms with Gasteiger partial charge in [-0.2, -0.15) is 13.2 Å². The molecule has 4 rings (SSSR count). The van der Waals surface area contributed by atoms with Crippen LogP contribution in [0.25, 0.3) is 27.1 Å². The molecule has 4 nitrogen and oxygen atoms in total. The number of halogens is 3. The Morgan fingerprint density at radius 3 is 2.25 bits per heavy atom. The number of imidazole rings is 1. The van der Waals surface area contributed by atoms with E-state index in [9.17, 15) is 13.2 Å². The van der Waals surface area contributed by atoms with Crippen LogP contribution in [0.4, 0.5) is 13.2 Å². The van der Waals surface area contributed by atoms with Crippen molar-refractivity contribution >= 4 is 23.1 Å². The fourth-order valence-electron chi connectivity index (χ4n) is 2.62. The van der Waals surface area contributed by atoms with Crippen molar-refractivity contribution < 1.29 is 13.2 Å². The van der Waals surface area contributed by atoms with Gasteiger partial charge in [0.05, 0.1) is 0 Å². The molecule has 0 N–H and O–H groups in total. The standard InChI is InChI=1S/C19H13F3N4S2/c1-27-14-9-7-13(8-10-14)26-11-15(19(20,21)22)23-16(26)18-25-24-17(28-18)12-5-3-2-4-6-12/h2-11H,1H3. The van der Waals surface area contributed by atoms with Crippen LogP contribution in [0.3, 0.4) is 0 Å². The second-order valence-electron chi connectivity index (χ2n) is 5.79. The molecule has 0 aliphatic carbocycles. The SMILES string of the molecule is CSc1ccc(-n2cc(C(F)(F)F)nc2-c2nnc(-c3ccccc3)s2)cc1. The summed E-state index contributed by atoms with van der Waals surface area (Å²) in [7, 11) is 0. The van der Waals surface area contributed by atoms with Crippen molar-refractivity contribution in [3.05, 3.63) is 66.5 Å². The number of rotatable bonds is 4. The number of thioether (sulfide) groups is 1. The van der Waals surface area contributed by atoms with Gasteiger partial charge in [-0.15, -0.1) is 22.0 Å². The molecule has 4 aromatic rings. The molecular weight excluding hydrogens is 405 g/mol. The maximum atomic E-state index is 13.3. The van der Waals surface area contributed by atoms with Crippen molar-refractivity contribution in [2.75, 3.05) is 6.26 Å². The molecule has 0 spiro atoms. The van der Waals surface area contributed by atoms with Gasteiger partial charge in [-0.1, -0.05) is 41.7 Å². The van der Waals surface area contributed by atoms with Gasteiger partial charge in [0, 0.05) is 22.3 Å². The topological polar surface area (TPSA) is 43.6 Å². The molecular formula is C19H13F3N4S2. The van der Waals surface area contributed by atoms with E-state index < -0.39 is 11.9 Å². The quantitative estimate of drug-likeness (QED) is 0.393. The molecule has 9 heteroatoms. The summed E-state index contributed by atoms with van der Waals surface area (Å²) in [4.78, 5) is 4.84. The highest BCUT2D eigenvalue weighted by molar-refractivity contribution is 7.98. The Morgan fingerprint density at radius 1 is 0.929 bits per heavy atom. The van der Waals surface area contributed by atoms with E-state index in [0.29, 0.717) is 15.7 Å². The molecule has 28 heavy (non-hydrogen) atoms. The lowest BCUT2D eigenvalue weighted by atomic mass is 10.2. The Balaban J connectivity index is 1.81. The Kier molecular flexibility index (Phi) is 4.94. The summed E-state index contributed by atoms with van der Waals surface area (Å²) in [6.45, 7) is 0. The summed E-state index contributed by atoms with van der Waals surface area (Å²) < 4.78 is 41.3. The van der Waals surface area contributed by atoms with Gasteiger partial charge >= 0.3 is 6.18 Å². The van der Waals surface area contributed by atoms with Crippen LogP contribution in [-0.2, 0) is 6.18 Å². The first-order valence-corrected chi connectivity index (χ1v) is 10.2. The molecule has 2 aromatic carbocycles. The molecule has 0 aliphatic rings. The molecule has 0 radical (unpaired) electrons. The minimum Gasteiger partial charge on any atom is -0.297 e. The van der Waals surface area contributed by atoms with E-state index in [4.69, 9.17) is 0 Å². The fourth-order valence-corrected chi connectivity index (χ4v) is 3.86. The normalized spacial score (nSPS) is 11.7. The third kappa shape index (κ3) is 3.67. The van der Waals surface area contributed by atoms with E-state index in [1.807, 2.05) is 48.7 Å². The van der Waals surface area contributed by atoms with Crippen molar-refractivity contribution in [2.45, 2.75) is 11.1 Å². The van der Waals surface area contributed by atoms with E-state index in [-0.39, 0.29) is 5.82 Å². The summed E-state index contributed by atoms with van der Waals surface area (Å²) in [5.74, 6) is 0.115. The van der Waals surface area contributed by atoms with E-state index in [1.54, 1.807) is 23.9 Å². The first-order chi connectivity index (χ1) is 13.5. The minimum atomic E-state index is -4.55. The number of alkyl halides is 3. The summed E-state index contributed by atoms with van der Waals surface area (Å²) in [6, 6.07) is 16.6. The monoisotopic (exact) mass is 418 g/mol. The van der Waals surface area contributed by atoms with Gasteiger partial charge in [0.25, 0.3) is 0 Å². The van der Waals surface area contributed by atoms with Gasteiger partial charge in [-0.3, -0.25) is 4.57 Å². The van der Waals surface area contributed by atoms with E-state index >= 15 is 0 Å². The van der Waals surface area contributed by atoms with E-state index in [0.717, 1.165) is 16.7 Å². The molecule has 0 atom stereocenters. The average molecular weight is 418 g/mol. The maximum absolute atomic E-state index is 13.3. The van der Waals surface area contributed by atoms with Gasteiger partial charge < -0.3 is 0 Å². The largest absolute Gasteiger partial charge is 0.434 e. The van der Waals surface area contributed by atoms with E-state index in [2.05, 4.69) is 15.2 Å². The van der Waals surface area contributed by atoms with Crippen LogP contribution in [0.1, 0.15) is 5.69 Å². The molecule has 0 aliphatic heterocycles. The zero-order valence-corrected chi connectivity index (χ0v) is 16.1. The summed E-state index contributed by atoms with van der Waals surface area (Å²) >= 11 is 2.76. The Hall–Kier alpha value is -2.65. The van der Waals surface area contributed by atoms with Crippen molar-refractivity contribution in [1.82, 2.24) is 19.7 Å². The van der Waals surface area contributed by atoms with E-state index in [1.165, 1.54) is 15.9 Å². The highest BCUT2D eigenvalue weighted by atomic mass is 32.2. The van der Waals surface area contributed by atoms with Gasteiger partial charge in [0.2, 0.25) is 0 Å². The lowest BCUT2D eigenvalue weighted by molar-refractivity contribution is -0.140. The van der Waals surface area contributed by atoms with Crippen molar-refractivity contribution in [2.24, 2.45) is 0 Å². The smallest absolute Gasteiger partial charge is 0.297 e. The van der Waals surface area contributed by atoms with Crippen molar-refractivity contribution in [3.63, 3.8) is 0 Å². The van der Waals surface area contributed by atoms with Gasteiger partial charge in [-0.25, -0.2) is 4.98 Å². The average Bonchev–Trinajstić information content (AvgIpc) is 3.36. The van der Waals surface area contributed by atoms with Crippen LogP contribution < -0.4 is 0 Å². The maximum Gasteiger partial charge on any atom is 0.434 e. The summed E-state index contributed by atoms with van der Waals surface area (Å²) in [5.41, 5.74) is 0.463. The van der Waals surface area contributed by atoms with Gasteiger partial charge in [0.15, 0.2) is 16.5 Å². The molecule has 0 bridgehead atoms. The summed E-state index contributed by atoms with van der Waals surface area (Å²) in [5, 5.41) is 9.16. The zero-order valence-electron chi connectivity index (χ0n) is 14.5. The predicted octanol–water partition coefficient (Wildman–Crippen LogP) is 5.80. The lowest BCUT2D eigenvalue weighted by Gasteiger charge is -2.06. The molecule has 0 fully saturated rings. The van der Waals surface area contributed by atoms with Crippen LogP contribution in [0.2, 0.25) is 0 Å². The van der Waals surface area contributed by atoms with Crippen LogP contribution >= 0.6 is 23.1 Å². The lowest BCUT2D eigenvalue weighted by Crippen LogP contribution is -2.04. The number of hydrogen-bond acceptors (Lipinski definition) is 5. The Morgan fingerprint density at radius 2 is 1.61 bits per heavy atom. The molecule has 142 valence electrons. The van der Waals surface area contributed by atoms with Crippen LogP contribution in [-0.4, -0.2) is 26.0 Å². The highest BCUT2D eigenvalue weighted by Crippen LogP contribution is 2.35. The Labute approximate surface area is 167 Å². The second kappa shape index (κ2) is 7.40. The number of aromatic nitrogens is 4. The molecule has 0 amide bonds. The zero-order chi connectivity index (χ0) is 19.7. The summed E-state index contributed by atoms with van der Waals surface area (Å²) in [6.07, 6.45) is -1.62.